The van der Waals surface area contributed by atoms with Crippen LogP contribution in [0.25, 0.3) is 10.9 Å². The molecule has 2 aromatic carbocycles. The fourth-order valence-corrected chi connectivity index (χ4v) is 4.39. The SMILES string of the molecule is O=C1CCCN1Cc1n[nH]c2cc(O)c(C(=O)N3Cc4ccc(OCCO)cc4C3)cc12. The highest BCUT2D eigenvalue weighted by molar-refractivity contribution is 6.01. The van der Waals surface area contributed by atoms with Crippen LogP contribution in [0.4, 0.5) is 0 Å². The van der Waals surface area contributed by atoms with Crippen molar-refractivity contribution in [2.45, 2.75) is 32.5 Å². The topological polar surface area (TPSA) is 119 Å². The number of hydrogen-bond donors (Lipinski definition) is 3. The number of aliphatic hydroxyl groups is 1. The molecule has 1 aromatic heterocycles. The van der Waals surface area contributed by atoms with Crippen molar-refractivity contribution in [3.8, 4) is 11.5 Å². The van der Waals surface area contributed by atoms with E-state index in [2.05, 4.69) is 10.2 Å². The number of aliphatic hydroxyl groups excluding tert-OH is 1. The molecule has 2 aliphatic rings. The van der Waals surface area contributed by atoms with Crippen molar-refractivity contribution in [2.75, 3.05) is 19.8 Å². The van der Waals surface area contributed by atoms with Gasteiger partial charge in [0.25, 0.3) is 5.91 Å². The maximum Gasteiger partial charge on any atom is 0.258 e. The number of fused-ring (bicyclic) bond motifs is 2. The van der Waals surface area contributed by atoms with Gasteiger partial charge in [-0.25, -0.2) is 0 Å². The molecule has 5 rings (SSSR count). The number of benzene rings is 2. The van der Waals surface area contributed by atoms with Gasteiger partial charge in [0, 0.05) is 37.5 Å². The summed E-state index contributed by atoms with van der Waals surface area (Å²) in [6, 6.07) is 8.78. The van der Waals surface area contributed by atoms with Gasteiger partial charge in [0.05, 0.1) is 29.9 Å². The van der Waals surface area contributed by atoms with Crippen LogP contribution in [0.5, 0.6) is 11.5 Å². The Kier molecular flexibility index (Phi) is 5.18. The molecule has 0 saturated carbocycles. The zero-order valence-electron chi connectivity index (χ0n) is 17.5. The lowest BCUT2D eigenvalue weighted by molar-refractivity contribution is -0.128. The lowest BCUT2D eigenvalue weighted by Crippen LogP contribution is -2.25. The minimum absolute atomic E-state index is 0.0641. The van der Waals surface area contributed by atoms with Crippen LogP contribution in [0.3, 0.4) is 0 Å². The third kappa shape index (κ3) is 3.64. The van der Waals surface area contributed by atoms with Gasteiger partial charge in [-0.2, -0.15) is 5.10 Å². The second kappa shape index (κ2) is 8.16. The van der Waals surface area contributed by atoms with E-state index in [1.807, 2.05) is 18.2 Å². The van der Waals surface area contributed by atoms with E-state index < -0.39 is 0 Å². The molecule has 0 aliphatic carbocycles. The first-order valence-corrected chi connectivity index (χ1v) is 10.7. The van der Waals surface area contributed by atoms with Gasteiger partial charge in [-0.15, -0.1) is 0 Å². The summed E-state index contributed by atoms with van der Waals surface area (Å²) in [5.41, 5.74) is 3.51. The van der Waals surface area contributed by atoms with Gasteiger partial charge in [-0.1, -0.05) is 6.07 Å². The molecule has 0 unspecified atom stereocenters. The van der Waals surface area contributed by atoms with Crippen molar-refractivity contribution in [3.63, 3.8) is 0 Å². The number of carbonyl (C=O) groups excluding carboxylic acids is 2. The fourth-order valence-electron chi connectivity index (χ4n) is 4.39. The van der Waals surface area contributed by atoms with Crippen molar-refractivity contribution in [1.82, 2.24) is 20.0 Å². The molecule has 0 radical (unpaired) electrons. The summed E-state index contributed by atoms with van der Waals surface area (Å²) in [7, 11) is 0. The number of ether oxygens (including phenoxy) is 1. The molecule has 166 valence electrons. The number of carbonyl (C=O) groups is 2. The van der Waals surface area contributed by atoms with Crippen molar-refractivity contribution in [3.05, 3.63) is 52.7 Å². The molecule has 3 N–H and O–H groups in total. The molecule has 1 saturated heterocycles. The van der Waals surface area contributed by atoms with Crippen LogP contribution in [0.15, 0.2) is 30.3 Å². The second-order valence-electron chi connectivity index (χ2n) is 8.17. The number of phenolic OH excluding ortho intramolecular Hbond substituents is 1. The van der Waals surface area contributed by atoms with Gasteiger partial charge < -0.3 is 24.7 Å². The Morgan fingerprint density at radius 1 is 1.19 bits per heavy atom. The third-order valence-electron chi connectivity index (χ3n) is 6.05. The number of nitrogens with one attached hydrogen (secondary N) is 1. The van der Waals surface area contributed by atoms with Gasteiger partial charge in [-0.05, 0) is 35.7 Å². The Morgan fingerprint density at radius 3 is 2.81 bits per heavy atom. The van der Waals surface area contributed by atoms with E-state index >= 15 is 0 Å². The van der Waals surface area contributed by atoms with Gasteiger partial charge >= 0.3 is 0 Å². The van der Waals surface area contributed by atoms with Crippen LogP contribution in [-0.2, 0) is 24.4 Å². The van der Waals surface area contributed by atoms with Crippen LogP contribution in [-0.4, -0.2) is 61.8 Å². The summed E-state index contributed by atoms with van der Waals surface area (Å²) < 4.78 is 5.46. The van der Waals surface area contributed by atoms with Gasteiger partial charge in [-0.3, -0.25) is 14.7 Å². The second-order valence-corrected chi connectivity index (χ2v) is 8.17. The highest BCUT2D eigenvalue weighted by atomic mass is 16.5. The number of aromatic amines is 1. The molecule has 0 spiro atoms. The molecule has 3 heterocycles. The van der Waals surface area contributed by atoms with E-state index in [-0.39, 0.29) is 36.3 Å². The number of H-pyrrole nitrogens is 1. The van der Waals surface area contributed by atoms with E-state index in [1.165, 1.54) is 6.07 Å². The number of aromatic nitrogens is 2. The Hall–Kier alpha value is -3.59. The largest absolute Gasteiger partial charge is 0.507 e. The first kappa shape index (κ1) is 20.3. The fraction of sp³-hybridized carbons (Fsp3) is 0.348. The van der Waals surface area contributed by atoms with E-state index in [0.717, 1.165) is 22.9 Å². The Labute approximate surface area is 184 Å². The molecule has 9 nitrogen and oxygen atoms in total. The number of likely N-dealkylation sites (tertiary alicyclic amines) is 1. The van der Waals surface area contributed by atoms with Crippen molar-refractivity contribution < 1.29 is 24.5 Å². The highest BCUT2D eigenvalue weighted by Crippen LogP contribution is 2.32. The molecular formula is C23H24N4O5. The Balaban J connectivity index is 1.39. The minimum atomic E-state index is -0.275. The molecule has 9 heteroatoms. The first-order valence-electron chi connectivity index (χ1n) is 10.7. The lowest BCUT2D eigenvalue weighted by Gasteiger charge is -2.17. The summed E-state index contributed by atoms with van der Waals surface area (Å²) in [6.45, 7) is 2.07. The Bertz CT molecular complexity index is 1200. The smallest absolute Gasteiger partial charge is 0.258 e. The van der Waals surface area contributed by atoms with Gasteiger partial charge in [0.1, 0.15) is 18.1 Å². The number of nitrogens with zero attached hydrogens (tertiary/aromatic N) is 3. The normalized spacial score (nSPS) is 15.6. The van der Waals surface area contributed by atoms with Gasteiger partial charge in [0.15, 0.2) is 0 Å². The predicted molar refractivity (Wildman–Crippen MR) is 115 cm³/mol. The summed E-state index contributed by atoms with van der Waals surface area (Å²) in [5.74, 6) is 0.366. The highest BCUT2D eigenvalue weighted by Gasteiger charge is 2.28. The lowest BCUT2D eigenvalue weighted by atomic mass is 10.1. The molecule has 0 atom stereocenters. The molecule has 3 aromatic rings. The number of rotatable bonds is 6. The summed E-state index contributed by atoms with van der Waals surface area (Å²) in [6.07, 6.45) is 1.39. The molecule has 0 bridgehead atoms. The molecule has 2 amide bonds. The van der Waals surface area contributed by atoms with Crippen LogP contribution in [0.2, 0.25) is 0 Å². The van der Waals surface area contributed by atoms with E-state index in [9.17, 15) is 14.7 Å². The standard InChI is InChI=1S/C23H24N4O5/c28-6-7-32-16-4-3-14-11-27(12-15(14)8-16)23(31)18-9-17-19(10-21(18)29)24-25-20(17)13-26-5-1-2-22(26)30/h3-4,8-10,28-29H,1-2,5-7,11-13H2,(H,24,25). The molecule has 32 heavy (non-hydrogen) atoms. The predicted octanol–water partition coefficient (Wildman–Crippen LogP) is 1.92. The van der Waals surface area contributed by atoms with Crippen LogP contribution >= 0.6 is 0 Å². The monoisotopic (exact) mass is 436 g/mol. The quantitative estimate of drug-likeness (QED) is 0.543. The number of hydrogen-bond acceptors (Lipinski definition) is 6. The van der Waals surface area contributed by atoms with E-state index in [4.69, 9.17) is 9.84 Å². The van der Waals surface area contributed by atoms with Crippen molar-refractivity contribution in [2.24, 2.45) is 0 Å². The van der Waals surface area contributed by atoms with Crippen LogP contribution in [0, 0.1) is 0 Å². The summed E-state index contributed by atoms with van der Waals surface area (Å²) >= 11 is 0. The zero-order valence-corrected chi connectivity index (χ0v) is 17.5. The van der Waals surface area contributed by atoms with E-state index in [1.54, 1.807) is 15.9 Å². The number of phenols is 1. The minimum Gasteiger partial charge on any atom is -0.507 e. The van der Waals surface area contributed by atoms with Crippen molar-refractivity contribution in [1.29, 1.82) is 0 Å². The molecule has 2 aliphatic heterocycles. The maximum atomic E-state index is 13.3. The van der Waals surface area contributed by atoms with Gasteiger partial charge in [0.2, 0.25) is 5.91 Å². The van der Waals surface area contributed by atoms with Crippen LogP contribution in [0.1, 0.15) is 40.0 Å². The number of amides is 2. The first-order chi connectivity index (χ1) is 15.5. The average molecular weight is 436 g/mol. The molecule has 1 fully saturated rings. The summed E-state index contributed by atoms with van der Waals surface area (Å²) in [4.78, 5) is 28.7. The molecular weight excluding hydrogens is 412 g/mol. The third-order valence-corrected chi connectivity index (χ3v) is 6.05. The Morgan fingerprint density at radius 2 is 2.03 bits per heavy atom. The van der Waals surface area contributed by atoms with Crippen molar-refractivity contribution >= 4 is 22.7 Å². The maximum absolute atomic E-state index is 13.3. The number of aromatic hydroxyl groups is 1. The average Bonchev–Trinajstić information content (AvgIpc) is 3.50. The zero-order chi connectivity index (χ0) is 22.2. The van der Waals surface area contributed by atoms with E-state index in [0.29, 0.717) is 49.6 Å². The van der Waals surface area contributed by atoms with Crippen LogP contribution < -0.4 is 4.74 Å². The summed E-state index contributed by atoms with van der Waals surface area (Å²) in [5, 5.41) is 27.4.